The van der Waals surface area contributed by atoms with E-state index in [4.69, 9.17) is 16.6 Å². The summed E-state index contributed by atoms with van der Waals surface area (Å²) in [4.78, 5) is 145. The number of unbranched alkanes of at least 4 members (excludes halogenated alkanes) is 1. The van der Waals surface area contributed by atoms with E-state index < -0.39 is 151 Å². The normalized spacial score (nSPS) is 15.4. The van der Waals surface area contributed by atoms with Gasteiger partial charge in [-0.15, -0.1) is 0 Å². The second kappa shape index (κ2) is 32.7. The molecule has 8 amide bonds. The number of aliphatic carboxylic acids is 3. The Morgan fingerprint density at radius 3 is 1.40 bits per heavy atom. The van der Waals surface area contributed by atoms with Crippen LogP contribution < -0.4 is 54.0 Å². The van der Waals surface area contributed by atoms with E-state index in [0.717, 1.165) is 6.92 Å². The number of carbonyl (C=O) groups is 11. The molecule has 2 rings (SSSR count). The smallest absolute Gasteiger partial charge is 0.326 e. The molecule has 2 aromatic rings. The van der Waals surface area contributed by atoms with Crippen LogP contribution >= 0.6 is 0 Å². The van der Waals surface area contributed by atoms with Gasteiger partial charge in [-0.25, -0.2) is 4.79 Å². The van der Waals surface area contributed by atoms with Crippen LogP contribution in [0.5, 0.6) is 5.75 Å². The lowest BCUT2D eigenvalue weighted by Gasteiger charge is -2.29. The highest BCUT2D eigenvalue weighted by Gasteiger charge is 2.38. The van der Waals surface area contributed by atoms with Crippen molar-refractivity contribution in [1.29, 1.82) is 0 Å². The van der Waals surface area contributed by atoms with Crippen LogP contribution in [0.3, 0.4) is 0 Å². The molecule has 18 N–H and O–H groups in total. The number of aliphatic hydroxyl groups excluding tert-OH is 2. The molecule has 0 radical (unpaired) electrons. The van der Waals surface area contributed by atoms with Crippen LogP contribution in [0, 0.1) is 11.8 Å². The van der Waals surface area contributed by atoms with Gasteiger partial charge >= 0.3 is 17.9 Å². The van der Waals surface area contributed by atoms with Crippen molar-refractivity contribution in [3.05, 3.63) is 65.7 Å². The highest BCUT2D eigenvalue weighted by molar-refractivity contribution is 5.99. The van der Waals surface area contributed by atoms with Crippen molar-refractivity contribution >= 4 is 65.2 Å². The summed E-state index contributed by atoms with van der Waals surface area (Å²) in [7, 11) is 0. The maximum atomic E-state index is 14.2. The van der Waals surface area contributed by atoms with Gasteiger partial charge in [0.1, 0.15) is 54.1 Å². The average molecular weight is 1100 g/mol. The van der Waals surface area contributed by atoms with E-state index >= 15 is 0 Å². The summed E-state index contributed by atoms with van der Waals surface area (Å²) in [6.07, 6.45) is -5.16. The van der Waals surface area contributed by atoms with Gasteiger partial charge in [-0.1, -0.05) is 70.2 Å². The molecule has 0 fully saturated rings. The average Bonchev–Trinajstić information content (AvgIpc) is 3.34. The number of aliphatic hydroxyl groups is 2. The minimum atomic E-state index is -1.89. The molecule has 0 aliphatic heterocycles. The first-order valence-corrected chi connectivity index (χ1v) is 25.3. The predicted molar refractivity (Wildman–Crippen MR) is 278 cm³/mol. The lowest BCUT2D eigenvalue weighted by molar-refractivity contribution is -0.143. The van der Waals surface area contributed by atoms with E-state index in [-0.39, 0.29) is 50.3 Å². The molecule has 27 heteroatoms. The van der Waals surface area contributed by atoms with E-state index in [0.29, 0.717) is 17.5 Å². The molecule has 0 saturated carbocycles. The first kappa shape index (κ1) is 66.4. The number of nitrogens with one attached hydrogen (secondary N) is 8. The quantitative estimate of drug-likeness (QED) is 0.0311. The van der Waals surface area contributed by atoms with Gasteiger partial charge in [-0.3, -0.25) is 47.9 Å². The third-order valence-corrected chi connectivity index (χ3v) is 11.9. The fraction of sp³-hybridized carbons (Fsp3) is 0.549. The Labute approximate surface area is 450 Å². The van der Waals surface area contributed by atoms with Crippen molar-refractivity contribution in [2.24, 2.45) is 23.3 Å². The summed E-state index contributed by atoms with van der Waals surface area (Å²) in [5.74, 6) is -14.0. The van der Waals surface area contributed by atoms with Gasteiger partial charge in [-0.05, 0) is 81.2 Å². The number of rotatable bonds is 34. The van der Waals surface area contributed by atoms with Gasteiger partial charge in [-0.2, -0.15) is 0 Å². The number of phenolic OH excluding ortho intramolecular Hbond substituents is 1. The number of carboxylic acids is 3. The van der Waals surface area contributed by atoms with Crippen LogP contribution in [-0.4, -0.2) is 169 Å². The fourth-order valence-electron chi connectivity index (χ4n) is 7.70. The first-order chi connectivity index (χ1) is 36.5. The zero-order valence-electron chi connectivity index (χ0n) is 44.4. The van der Waals surface area contributed by atoms with Gasteiger partial charge in [0, 0.05) is 12.8 Å². The Hall–Kier alpha value is -7.75. The van der Waals surface area contributed by atoms with Crippen molar-refractivity contribution < 1.29 is 83.4 Å². The van der Waals surface area contributed by atoms with E-state index in [1.165, 1.54) is 31.2 Å². The Balaban J connectivity index is 2.42. The highest BCUT2D eigenvalue weighted by Crippen LogP contribution is 2.14. The number of hydrogen-bond acceptors (Lipinski definition) is 16. The van der Waals surface area contributed by atoms with Gasteiger partial charge < -0.3 is 84.6 Å². The molecule has 0 heterocycles. The summed E-state index contributed by atoms with van der Waals surface area (Å²) >= 11 is 0. The number of nitrogens with two attached hydrogens (primary N) is 2. The Kier molecular flexibility index (Phi) is 27.9. The van der Waals surface area contributed by atoms with E-state index in [9.17, 15) is 78.3 Å². The number of phenols is 1. The number of carbonyl (C=O) groups excluding carboxylic acids is 8. The molecular formula is C51H76N10O17. The lowest BCUT2D eigenvalue weighted by Crippen LogP contribution is -2.62. The minimum absolute atomic E-state index is 0.0766. The number of carboxylic acid groups (broad SMARTS) is 3. The third-order valence-electron chi connectivity index (χ3n) is 11.9. The standard InChI is InChI=1S/C51H76N10O17/c1-25(2)20-34(56-49(75)41(27(5)62)60-43(69)32(53)23-38(65)66)45(71)55-36(24-39(67)68)46(72)54-33(14-10-11-19-52)44(70)59-40(26(3)4)48(74)57-35(21-29-12-8-7-9-13-29)47(73)61-42(28(6)63)50(76)58-37(51(77)78)22-30-15-17-31(64)18-16-30/h7-9,12-13,15-18,25-28,32-37,40-42,62-64H,10-11,14,19-24,52-53H2,1-6H3,(H,54,72)(H,55,71)(H,56,75)(H,57,74)(H,58,76)(H,59,70)(H,60,69)(H,61,73)(H,65,66)(H,67,68)(H,77,78)/t27-,28-,32+,33+,34+,35+,36+,37+,40+,41+,42+/m1/s1. The SMILES string of the molecule is CC(C)C[C@H](NC(=O)[C@@H](NC(=O)[C@@H](N)CC(=O)O)[C@@H](C)O)C(=O)N[C@@H](CC(=O)O)C(=O)N[C@@H](CCCCN)C(=O)N[C@H](C(=O)N[C@@H](Cc1ccccc1)C(=O)N[C@H](C(=O)N[C@@H](Cc1ccc(O)cc1)C(=O)O)[C@@H](C)O)C(C)C. The van der Waals surface area contributed by atoms with Crippen LogP contribution in [0.25, 0.3) is 0 Å². The van der Waals surface area contributed by atoms with Crippen molar-refractivity contribution in [3.63, 3.8) is 0 Å². The zero-order chi connectivity index (χ0) is 59.0. The Bertz CT molecular complexity index is 2370. The number of amides is 8. The van der Waals surface area contributed by atoms with Crippen molar-refractivity contribution in [3.8, 4) is 5.75 Å². The molecule has 11 atom stereocenters. The van der Waals surface area contributed by atoms with Crippen LogP contribution in [-0.2, 0) is 65.6 Å². The summed E-state index contributed by atoms with van der Waals surface area (Å²) in [6.45, 7) is 8.90. The fourth-order valence-corrected chi connectivity index (χ4v) is 7.70. The monoisotopic (exact) mass is 1100 g/mol. The van der Waals surface area contributed by atoms with E-state index in [1.54, 1.807) is 58.0 Å². The van der Waals surface area contributed by atoms with Gasteiger partial charge in [0.25, 0.3) is 0 Å². The summed E-state index contributed by atoms with van der Waals surface area (Å²) in [5.41, 5.74) is 12.3. The molecule has 78 heavy (non-hydrogen) atoms. The lowest BCUT2D eigenvalue weighted by atomic mass is 9.99. The van der Waals surface area contributed by atoms with E-state index in [2.05, 4.69) is 42.5 Å². The maximum absolute atomic E-state index is 14.2. The topological polar surface area (TPSA) is 457 Å². The van der Waals surface area contributed by atoms with Crippen LogP contribution in [0.2, 0.25) is 0 Å². The largest absolute Gasteiger partial charge is 0.508 e. The van der Waals surface area contributed by atoms with Gasteiger partial charge in [0.05, 0.1) is 31.1 Å². The summed E-state index contributed by atoms with van der Waals surface area (Å²) in [6, 6.07) is -0.658. The maximum Gasteiger partial charge on any atom is 0.326 e. The molecule has 0 saturated heterocycles. The van der Waals surface area contributed by atoms with Crippen LogP contribution in [0.4, 0.5) is 0 Å². The second-order valence-electron chi connectivity index (χ2n) is 19.6. The number of aromatic hydroxyl groups is 1. The Morgan fingerprint density at radius 1 is 0.474 bits per heavy atom. The summed E-state index contributed by atoms with van der Waals surface area (Å²) < 4.78 is 0. The van der Waals surface area contributed by atoms with Gasteiger partial charge in [0.15, 0.2) is 0 Å². The van der Waals surface area contributed by atoms with Crippen molar-refractivity contribution in [2.45, 2.75) is 159 Å². The van der Waals surface area contributed by atoms with E-state index in [1.807, 2.05) is 0 Å². The first-order valence-electron chi connectivity index (χ1n) is 25.3. The molecule has 0 aliphatic rings. The zero-order valence-corrected chi connectivity index (χ0v) is 44.4. The van der Waals surface area contributed by atoms with Crippen LogP contribution in [0.15, 0.2) is 54.6 Å². The van der Waals surface area contributed by atoms with Gasteiger partial charge in [0.2, 0.25) is 47.3 Å². The summed E-state index contributed by atoms with van der Waals surface area (Å²) in [5, 5.41) is 78.5. The molecule has 0 unspecified atom stereocenters. The highest BCUT2D eigenvalue weighted by atomic mass is 16.4. The molecule has 432 valence electrons. The van der Waals surface area contributed by atoms with Crippen molar-refractivity contribution in [2.75, 3.05) is 6.54 Å². The molecule has 0 aromatic heterocycles. The molecule has 0 bridgehead atoms. The minimum Gasteiger partial charge on any atom is -0.508 e. The molecular weight excluding hydrogens is 1020 g/mol. The van der Waals surface area contributed by atoms with Crippen LogP contribution in [0.1, 0.15) is 91.2 Å². The third kappa shape index (κ3) is 23.2. The molecule has 0 spiro atoms. The van der Waals surface area contributed by atoms with Crippen molar-refractivity contribution in [1.82, 2.24) is 42.5 Å². The molecule has 0 aliphatic carbocycles. The number of benzene rings is 2. The Morgan fingerprint density at radius 2 is 0.897 bits per heavy atom. The molecule has 27 nitrogen and oxygen atoms in total. The number of hydrogen-bond donors (Lipinski definition) is 16. The second-order valence-corrected chi connectivity index (χ2v) is 19.6. The predicted octanol–water partition coefficient (Wildman–Crippen LogP) is -2.99. The molecule has 2 aromatic carbocycles.